The van der Waals surface area contributed by atoms with Crippen molar-refractivity contribution in [2.45, 2.75) is 12.3 Å². The SMILES string of the molecule is CN(C(=O)[C@H]1CC1(F)F)c1ccccc1. The summed E-state index contributed by atoms with van der Waals surface area (Å²) in [6.45, 7) is 0. The van der Waals surface area contributed by atoms with E-state index in [1.165, 1.54) is 11.9 Å². The molecule has 0 bridgehead atoms. The standard InChI is InChI=1S/C11H11F2NO/c1-14(8-5-3-2-4-6-8)10(15)9-7-11(9,12)13/h2-6,9H,7H2,1H3/t9-/m1/s1. The van der Waals surface area contributed by atoms with E-state index in [0.29, 0.717) is 5.69 Å². The molecular weight excluding hydrogens is 200 g/mol. The summed E-state index contributed by atoms with van der Waals surface area (Å²) in [7, 11) is 1.52. The molecule has 0 aromatic heterocycles. The lowest BCUT2D eigenvalue weighted by atomic mass is 10.2. The fourth-order valence-corrected chi connectivity index (χ4v) is 1.49. The molecule has 1 amide bonds. The van der Waals surface area contributed by atoms with Crippen LogP contribution in [-0.2, 0) is 4.79 Å². The van der Waals surface area contributed by atoms with E-state index in [2.05, 4.69) is 0 Å². The van der Waals surface area contributed by atoms with Gasteiger partial charge in [0.2, 0.25) is 5.91 Å². The number of hydrogen-bond acceptors (Lipinski definition) is 1. The van der Waals surface area contributed by atoms with Crippen molar-refractivity contribution in [3.8, 4) is 0 Å². The van der Waals surface area contributed by atoms with Gasteiger partial charge in [-0.05, 0) is 12.1 Å². The Labute approximate surface area is 86.5 Å². The highest BCUT2D eigenvalue weighted by atomic mass is 19.3. The van der Waals surface area contributed by atoms with Crippen LogP contribution in [0.5, 0.6) is 0 Å². The molecule has 0 heterocycles. The van der Waals surface area contributed by atoms with Crippen LogP contribution in [0.4, 0.5) is 14.5 Å². The van der Waals surface area contributed by atoms with Crippen LogP contribution in [0.1, 0.15) is 6.42 Å². The van der Waals surface area contributed by atoms with Gasteiger partial charge in [0.15, 0.2) is 0 Å². The number of rotatable bonds is 2. The van der Waals surface area contributed by atoms with Crippen molar-refractivity contribution in [2.24, 2.45) is 5.92 Å². The maximum absolute atomic E-state index is 12.7. The van der Waals surface area contributed by atoms with Gasteiger partial charge in [-0.25, -0.2) is 8.78 Å². The van der Waals surface area contributed by atoms with Gasteiger partial charge < -0.3 is 4.90 Å². The van der Waals surface area contributed by atoms with E-state index in [4.69, 9.17) is 0 Å². The molecule has 1 aliphatic carbocycles. The lowest BCUT2D eigenvalue weighted by Crippen LogP contribution is -2.29. The third kappa shape index (κ3) is 1.84. The zero-order chi connectivity index (χ0) is 11.1. The molecule has 0 radical (unpaired) electrons. The van der Waals surface area contributed by atoms with Gasteiger partial charge in [0, 0.05) is 19.2 Å². The highest BCUT2D eigenvalue weighted by molar-refractivity contribution is 5.97. The lowest BCUT2D eigenvalue weighted by Gasteiger charge is -2.16. The van der Waals surface area contributed by atoms with Gasteiger partial charge in [0.25, 0.3) is 5.92 Å². The number of anilines is 1. The maximum Gasteiger partial charge on any atom is 0.260 e. The maximum atomic E-state index is 12.7. The van der Waals surface area contributed by atoms with Gasteiger partial charge in [0.05, 0.1) is 0 Å². The van der Waals surface area contributed by atoms with Gasteiger partial charge in [-0.3, -0.25) is 4.79 Å². The first-order valence-electron chi connectivity index (χ1n) is 4.73. The average molecular weight is 211 g/mol. The topological polar surface area (TPSA) is 20.3 Å². The summed E-state index contributed by atoms with van der Waals surface area (Å²) in [6.07, 6.45) is -0.316. The Morgan fingerprint density at radius 1 is 1.40 bits per heavy atom. The van der Waals surface area contributed by atoms with Gasteiger partial charge in [-0.15, -0.1) is 0 Å². The molecule has 0 aliphatic heterocycles. The van der Waals surface area contributed by atoms with E-state index < -0.39 is 17.7 Å². The zero-order valence-corrected chi connectivity index (χ0v) is 8.28. The van der Waals surface area contributed by atoms with Crippen molar-refractivity contribution in [1.82, 2.24) is 0 Å². The Morgan fingerprint density at radius 2 is 1.93 bits per heavy atom. The molecule has 4 heteroatoms. The van der Waals surface area contributed by atoms with E-state index in [0.717, 1.165) is 0 Å². The molecule has 80 valence electrons. The summed E-state index contributed by atoms with van der Waals surface area (Å²) in [5.41, 5.74) is 0.644. The Bertz CT molecular complexity index is 377. The molecule has 2 nitrogen and oxygen atoms in total. The summed E-state index contributed by atoms with van der Waals surface area (Å²) in [5, 5.41) is 0. The number of nitrogens with zero attached hydrogens (tertiary/aromatic N) is 1. The summed E-state index contributed by atoms with van der Waals surface area (Å²) >= 11 is 0. The predicted octanol–water partition coefficient (Wildman–Crippen LogP) is 2.30. The lowest BCUT2D eigenvalue weighted by molar-refractivity contribution is -0.121. The molecule has 1 aliphatic rings. The number of carbonyl (C=O) groups is 1. The smallest absolute Gasteiger partial charge is 0.260 e. The zero-order valence-electron chi connectivity index (χ0n) is 8.28. The van der Waals surface area contributed by atoms with Gasteiger partial charge in [-0.1, -0.05) is 18.2 Å². The number of hydrogen-bond donors (Lipinski definition) is 0. The third-order valence-electron chi connectivity index (χ3n) is 2.60. The average Bonchev–Trinajstić information content (AvgIpc) is 2.87. The fraction of sp³-hybridized carbons (Fsp3) is 0.364. The van der Waals surface area contributed by atoms with Gasteiger partial charge in [0.1, 0.15) is 5.92 Å². The van der Waals surface area contributed by atoms with Crippen LogP contribution in [0, 0.1) is 5.92 Å². The van der Waals surface area contributed by atoms with Crippen LogP contribution in [0.3, 0.4) is 0 Å². The first kappa shape index (κ1) is 10.1. The van der Waals surface area contributed by atoms with Crippen LogP contribution < -0.4 is 4.90 Å². The van der Waals surface area contributed by atoms with E-state index >= 15 is 0 Å². The normalized spacial score (nSPS) is 22.2. The van der Waals surface area contributed by atoms with Crippen LogP contribution in [0.2, 0.25) is 0 Å². The van der Waals surface area contributed by atoms with Crippen LogP contribution in [0.25, 0.3) is 0 Å². The molecule has 0 unspecified atom stereocenters. The number of halogens is 2. The van der Waals surface area contributed by atoms with Crippen molar-refractivity contribution < 1.29 is 13.6 Å². The van der Waals surface area contributed by atoms with Gasteiger partial charge in [-0.2, -0.15) is 0 Å². The predicted molar refractivity (Wildman–Crippen MR) is 52.9 cm³/mol. The third-order valence-corrected chi connectivity index (χ3v) is 2.60. The minimum Gasteiger partial charge on any atom is -0.315 e. The quantitative estimate of drug-likeness (QED) is 0.735. The number of alkyl halides is 2. The minimum atomic E-state index is -2.79. The molecule has 1 saturated carbocycles. The fourth-order valence-electron chi connectivity index (χ4n) is 1.49. The van der Waals surface area contributed by atoms with Crippen molar-refractivity contribution in [3.63, 3.8) is 0 Å². The number of para-hydroxylation sites is 1. The Hall–Kier alpha value is -1.45. The van der Waals surface area contributed by atoms with E-state index in [9.17, 15) is 13.6 Å². The van der Waals surface area contributed by atoms with E-state index in [1.807, 2.05) is 6.07 Å². The second-order valence-corrected chi connectivity index (χ2v) is 3.75. The van der Waals surface area contributed by atoms with Crippen molar-refractivity contribution in [1.29, 1.82) is 0 Å². The Morgan fingerprint density at radius 3 is 2.40 bits per heavy atom. The molecule has 1 aromatic rings. The molecule has 0 saturated heterocycles. The number of amides is 1. The summed E-state index contributed by atoms with van der Waals surface area (Å²) < 4.78 is 25.4. The molecule has 1 atom stereocenters. The van der Waals surface area contributed by atoms with Crippen molar-refractivity contribution >= 4 is 11.6 Å². The largest absolute Gasteiger partial charge is 0.315 e. The monoisotopic (exact) mass is 211 g/mol. The molecule has 1 aromatic carbocycles. The molecule has 0 spiro atoms. The van der Waals surface area contributed by atoms with Crippen molar-refractivity contribution in [3.05, 3.63) is 30.3 Å². The van der Waals surface area contributed by atoms with E-state index in [-0.39, 0.29) is 6.42 Å². The Balaban J connectivity index is 2.10. The van der Waals surface area contributed by atoms with Crippen LogP contribution in [-0.4, -0.2) is 18.9 Å². The summed E-state index contributed by atoms with van der Waals surface area (Å²) in [6, 6.07) is 8.79. The minimum absolute atomic E-state index is 0.316. The molecular formula is C11H11F2NO. The first-order valence-corrected chi connectivity index (χ1v) is 4.73. The second kappa shape index (κ2) is 3.29. The van der Waals surface area contributed by atoms with E-state index in [1.54, 1.807) is 24.3 Å². The van der Waals surface area contributed by atoms with Crippen molar-refractivity contribution in [2.75, 3.05) is 11.9 Å². The van der Waals surface area contributed by atoms with Crippen LogP contribution in [0.15, 0.2) is 30.3 Å². The second-order valence-electron chi connectivity index (χ2n) is 3.75. The number of benzene rings is 1. The van der Waals surface area contributed by atoms with Gasteiger partial charge >= 0.3 is 0 Å². The highest BCUT2D eigenvalue weighted by Crippen LogP contribution is 2.49. The molecule has 0 N–H and O–H groups in total. The van der Waals surface area contributed by atoms with Crippen LogP contribution >= 0.6 is 0 Å². The Kier molecular flexibility index (Phi) is 2.21. The summed E-state index contributed by atoms with van der Waals surface area (Å²) in [5.74, 6) is -4.42. The molecule has 2 rings (SSSR count). The number of carbonyl (C=O) groups excluding carboxylic acids is 1. The first-order chi connectivity index (χ1) is 7.02. The molecule has 1 fully saturated rings. The highest BCUT2D eigenvalue weighted by Gasteiger charge is 2.62. The molecule has 15 heavy (non-hydrogen) atoms. The summed E-state index contributed by atoms with van der Waals surface area (Å²) in [4.78, 5) is 12.9.